The molecule has 1 aliphatic rings. The lowest BCUT2D eigenvalue weighted by Gasteiger charge is -2.26. The highest BCUT2D eigenvalue weighted by Crippen LogP contribution is 2.30. The van der Waals surface area contributed by atoms with Gasteiger partial charge in [0.25, 0.3) is 0 Å². The molecule has 0 heterocycles. The fraction of sp³-hybridized carbons (Fsp3) is 0.833. The number of carbonyl (C=O) groups is 2. The first-order valence-corrected chi connectivity index (χ1v) is 5.99. The van der Waals surface area contributed by atoms with Crippen molar-refractivity contribution < 1.29 is 14.3 Å². The summed E-state index contributed by atoms with van der Waals surface area (Å²) >= 11 is 0. The number of amides is 1. The van der Waals surface area contributed by atoms with E-state index < -0.39 is 11.9 Å². The second kappa shape index (κ2) is 6.51. The average molecular weight is 227 g/mol. The predicted molar refractivity (Wildman–Crippen MR) is 60.8 cm³/mol. The van der Waals surface area contributed by atoms with E-state index in [-0.39, 0.29) is 0 Å². The van der Waals surface area contributed by atoms with E-state index in [1.807, 2.05) is 0 Å². The summed E-state index contributed by atoms with van der Waals surface area (Å²) in [5.41, 5.74) is 0. The molecular formula is C12H21NO3. The molecule has 4 heteroatoms. The molecule has 1 aliphatic carbocycles. The lowest BCUT2D eigenvalue weighted by atomic mass is 9.81. The largest absolute Gasteiger partial charge is 0.462 e. The van der Waals surface area contributed by atoms with E-state index in [0.29, 0.717) is 12.5 Å². The molecule has 1 rings (SSSR count). The second-order valence-corrected chi connectivity index (χ2v) is 4.67. The van der Waals surface area contributed by atoms with Gasteiger partial charge in [-0.05, 0) is 24.7 Å². The maximum absolute atomic E-state index is 11.1. The van der Waals surface area contributed by atoms with Crippen LogP contribution in [0.25, 0.3) is 0 Å². The fourth-order valence-electron chi connectivity index (χ4n) is 2.38. The molecule has 1 amide bonds. The van der Waals surface area contributed by atoms with Crippen LogP contribution < -0.4 is 5.32 Å². The third-order valence-electron chi connectivity index (χ3n) is 3.25. The van der Waals surface area contributed by atoms with Gasteiger partial charge in [-0.15, -0.1) is 0 Å². The van der Waals surface area contributed by atoms with Crippen molar-refractivity contribution >= 4 is 11.9 Å². The highest BCUT2D eigenvalue weighted by Gasteiger charge is 2.19. The van der Waals surface area contributed by atoms with Gasteiger partial charge in [-0.2, -0.15) is 0 Å². The zero-order valence-electron chi connectivity index (χ0n) is 10.1. The molecule has 0 aromatic heterocycles. The van der Waals surface area contributed by atoms with E-state index in [1.54, 1.807) is 0 Å². The molecule has 1 N–H and O–H groups in total. The number of carbonyl (C=O) groups excluding carboxylic acids is 2. The number of esters is 1. The van der Waals surface area contributed by atoms with Crippen molar-refractivity contribution in [2.75, 3.05) is 13.7 Å². The Bertz CT molecular complexity index is 253. The smallest absolute Gasteiger partial charge is 0.396 e. The Hall–Kier alpha value is -1.06. The molecule has 92 valence electrons. The molecule has 2 unspecified atom stereocenters. The normalized spacial score (nSPS) is 24.9. The van der Waals surface area contributed by atoms with Crippen molar-refractivity contribution in [3.8, 4) is 0 Å². The Balaban J connectivity index is 2.15. The van der Waals surface area contributed by atoms with Gasteiger partial charge in [0, 0.05) is 6.54 Å². The highest BCUT2D eigenvalue weighted by atomic mass is 16.5. The average Bonchev–Trinajstić information content (AvgIpc) is 2.28. The molecule has 1 saturated carbocycles. The van der Waals surface area contributed by atoms with Crippen molar-refractivity contribution in [2.24, 2.45) is 11.8 Å². The molecule has 16 heavy (non-hydrogen) atoms. The summed E-state index contributed by atoms with van der Waals surface area (Å²) in [6.45, 7) is 2.85. The summed E-state index contributed by atoms with van der Waals surface area (Å²) in [6, 6.07) is 0. The third kappa shape index (κ3) is 4.21. The van der Waals surface area contributed by atoms with E-state index in [9.17, 15) is 9.59 Å². The van der Waals surface area contributed by atoms with E-state index in [0.717, 1.165) is 12.3 Å². The Morgan fingerprint density at radius 3 is 2.75 bits per heavy atom. The minimum absolute atomic E-state index is 0.575. The molecule has 0 radical (unpaired) electrons. The van der Waals surface area contributed by atoms with Crippen molar-refractivity contribution in [1.29, 1.82) is 0 Å². The molecule has 0 saturated heterocycles. The number of hydrogen-bond acceptors (Lipinski definition) is 3. The van der Waals surface area contributed by atoms with Crippen LogP contribution in [0.1, 0.15) is 39.0 Å². The lowest BCUT2D eigenvalue weighted by molar-refractivity contribution is -0.152. The fourth-order valence-corrected chi connectivity index (χ4v) is 2.38. The van der Waals surface area contributed by atoms with E-state index in [4.69, 9.17) is 0 Å². The van der Waals surface area contributed by atoms with Gasteiger partial charge in [0.15, 0.2) is 0 Å². The lowest BCUT2D eigenvalue weighted by Crippen LogP contribution is -2.33. The minimum Gasteiger partial charge on any atom is -0.462 e. The minimum atomic E-state index is -0.808. The number of hydrogen-bond donors (Lipinski definition) is 1. The molecule has 0 aromatic rings. The van der Waals surface area contributed by atoms with Gasteiger partial charge in [-0.25, -0.2) is 4.79 Å². The van der Waals surface area contributed by atoms with Gasteiger partial charge < -0.3 is 10.1 Å². The third-order valence-corrected chi connectivity index (χ3v) is 3.25. The van der Waals surface area contributed by atoms with E-state index in [1.165, 1.54) is 32.8 Å². The van der Waals surface area contributed by atoms with Crippen LogP contribution in [0.5, 0.6) is 0 Å². The summed E-state index contributed by atoms with van der Waals surface area (Å²) in [5, 5.41) is 2.58. The topological polar surface area (TPSA) is 55.4 Å². The van der Waals surface area contributed by atoms with Gasteiger partial charge in [-0.3, -0.25) is 4.79 Å². The van der Waals surface area contributed by atoms with Crippen molar-refractivity contribution in [1.82, 2.24) is 5.32 Å². The maximum Gasteiger partial charge on any atom is 0.396 e. The van der Waals surface area contributed by atoms with Crippen LogP contribution in [0.15, 0.2) is 0 Å². The monoisotopic (exact) mass is 227 g/mol. The van der Waals surface area contributed by atoms with Crippen LogP contribution in [0, 0.1) is 11.8 Å². The summed E-state index contributed by atoms with van der Waals surface area (Å²) in [4.78, 5) is 21.9. The zero-order valence-corrected chi connectivity index (χ0v) is 10.1. The van der Waals surface area contributed by atoms with Crippen LogP contribution in [0.2, 0.25) is 0 Å². The maximum atomic E-state index is 11.1. The first-order chi connectivity index (χ1) is 7.63. The Morgan fingerprint density at radius 1 is 1.38 bits per heavy atom. The molecule has 0 aliphatic heterocycles. The Morgan fingerprint density at radius 2 is 2.12 bits per heavy atom. The quantitative estimate of drug-likeness (QED) is 0.587. The standard InChI is InChI=1S/C12H21NO3/c1-9-4-3-5-10(8-9)6-7-13-11(14)12(15)16-2/h9-10H,3-8H2,1-2H3,(H,13,14). The van der Waals surface area contributed by atoms with Crippen LogP contribution in [-0.2, 0) is 14.3 Å². The van der Waals surface area contributed by atoms with Crippen molar-refractivity contribution in [2.45, 2.75) is 39.0 Å². The molecular weight excluding hydrogens is 206 g/mol. The summed E-state index contributed by atoms with van der Waals surface area (Å²) in [7, 11) is 1.21. The predicted octanol–water partition coefficient (Wildman–Crippen LogP) is 1.49. The molecule has 2 atom stereocenters. The van der Waals surface area contributed by atoms with Crippen molar-refractivity contribution in [3.05, 3.63) is 0 Å². The van der Waals surface area contributed by atoms with Crippen LogP contribution >= 0.6 is 0 Å². The second-order valence-electron chi connectivity index (χ2n) is 4.67. The van der Waals surface area contributed by atoms with Crippen LogP contribution in [-0.4, -0.2) is 25.5 Å². The van der Waals surface area contributed by atoms with Gasteiger partial charge in [0.2, 0.25) is 0 Å². The van der Waals surface area contributed by atoms with Crippen LogP contribution in [0.3, 0.4) is 0 Å². The number of methoxy groups -OCH3 is 1. The van der Waals surface area contributed by atoms with Gasteiger partial charge in [0.05, 0.1) is 7.11 Å². The van der Waals surface area contributed by atoms with Gasteiger partial charge in [-0.1, -0.05) is 26.2 Å². The molecule has 4 nitrogen and oxygen atoms in total. The SMILES string of the molecule is COC(=O)C(=O)NCCC1CCCC(C)C1. The highest BCUT2D eigenvalue weighted by molar-refractivity contribution is 6.32. The Kier molecular flexibility index (Phi) is 5.29. The molecule has 1 fully saturated rings. The summed E-state index contributed by atoms with van der Waals surface area (Å²) in [5.74, 6) is 0.0557. The summed E-state index contributed by atoms with van der Waals surface area (Å²) < 4.78 is 4.32. The number of ether oxygens (including phenoxy) is 1. The number of nitrogens with one attached hydrogen (secondary N) is 1. The number of rotatable bonds is 3. The van der Waals surface area contributed by atoms with Crippen LogP contribution in [0.4, 0.5) is 0 Å². The van der Waals surface area contributed by atoms with Gasteiger partial charge >= 0.3 is 11.9 Å². The first-order valence-electron chi connectivity index (χ1n) is 5.99. The summed E-state index contributed by atoms with van der Waals surface area (Å²) in [6.07, 6.45) is 6.07. The molecule has 0 bridgehead atoms. The van der Waals surface area contributed by atoms with Gasteiger partial charge in [0.1, 0.15) is 0 Å². The molecule has 0 aromatic carbocycles. The van der Waals surface area contributed by atoms with Crippen molar-refractivity contribution in [3.63, 3.8) is 0 Å². The zero-order chi connectivity index (χ0) is 12.0. The first kappa shape index (κ1) is 13.0. The Labute approximate surface area is 96.7 Å². The van der Waals surface area contributed by atoms with E-state index in [2.05, 4.69) is 17.0 Å². The molecule has 0 spiro atoms. The van der Waals surface area contributed by atoms with E-state index >= 15 is 0 Å².